The molecule has 0 N–H and O–H groups in total. The fourth-order valence-electron chi connectivity index (χ4n) is 2.83. The lowest BCUT2D eigenvalue weighted by atomic mass is 10.1. The molecule has 1 aliphatic heterocycles. The van der Waals surface area contributed by atoms with Crippen molar-refractivity contribution >= 4 is 15.9 Å². The molecule has 8 heteroatoms. The van der Waals surface area contributed by atoms with E-state index in [4.69, 9.17) is 4.74 Å². The molecule has 1 fully saturated rings. The first kappa shape index (κ1) is 19.1. The van der Waals surface area contributed by atoms with E-state index in [-0.39, 0.29) is 6.10 Å². The summed E-state index contributed by atoms with van der Waals surface area (Å²) < 4.78 is 34.3. The molecule has 1 aromatic heterocycles. The summed E-state index contributed by atoms with van der Waals surface area (Å²) in [6, 6.07) is 3.96. The van der Waals surface area contributed by atoms with Crippen LogP contribution in [0.4, 0.5) is 5.69 Å². The lowest BCUT2D eigenvalue weighted by Crippen LogP contribution is -2.49. The molecule has 0 spiro atoms. The molecular weight excluding hydrogens is 328 g/mol. The second kappa shape index (κ2) is 7.77. The molecule has 0 unspecified atom stereocenters. The van der Waals surface area contributed by atoms with Crippen LogP contribution in [-0.4, -0.2) is 68.9 Å². The number of anilines is 1. The van der Waals surface area contributed by atoms with E-state index in [9.17, 15) is 8.42 Å². The molecule has 0 aliphatic carbocycles. The van der Waals surface area contributed by atoms with Crippen LogP contribution in [0.25, 0.3) is 0 Å². The highest BCUT2D eigenvalue weighted by Gasteiger charge is 2.34. The molecule has 0 bridgehead atoms. The molecule has 1 saturated heterocycles. The maximum atomic E-state index is 12.7. The SMILES string of the molecule is CCN(CC)S(=O)(=O)N1CCO[C@@H](c2cc(N(C)C)cc(C)n2)C1. The molecule has 1 atom stereocenters. The molecule has 0 amide bonds. The van der Waals surface area contributed by atoms with Gasteiger partial charge < -0.3 is 9.64 Å². The van der Waals surface area contributed by atoms with E-state index in [2.05, 4.69) is 4.98 Å². The zero-order valence-electron chi connectivity index (χ0n) is 15.2. The Labute approximate surface area is 145 Å². The van der Waals surface area contributed by atoms with Gasteiger partial charge in [0.25, 0.3) is 10.2 Å². The third kappa shape index (κ3) is 4.05. The monoisotopic (exact) mass is 356 g/mol. The first-order chi connectivity index (χ1) is 11.3. The first-order valence-electron chi connectivity index (χ1n) is 8.32. The molecule has 1 aromatic rings. The van der Waals surface area contributed by atoms with E-state index in [0.29, 0.717) is 32.8 Å². The fourth-order valence-corrected chi connectivity index (χ4v) is 4.43. The van der Waals surface area contributed by atoms with Crippen LogP contribution in [0.15, 0.2) is 12.1 Å². The Morgan fingerprint density at radius 1 is 1.29 bits per heavy atom. The predicted octanol–water partition coefficient (Wildman–Crippen LogP) is 1.42. The normalized spacial score (nSPS) is 19.7. The van der Waals surface area contributed by atoms with Gasteiger partial charge in [-0.25, -0.2) is 0 Å². The van der Waals surface area contributed by atoms with Crippen molar-refractivity contribution in [2.24, 2.45) is 0 Å². The molecular formula is C16H28N4O3S. The summed E-state index contributed by atoms with van der Waals surface area (Å²) in [5.74, 6) is 0. The molecule has 136 valence electrons. The number of aromatic nitrogens is 1. The summed E-state index contributed by atoms with van der Waals surface area (Å²) in [6.45, 7) is 7.61. The number of pyridine rings is 1. The highest BCUT2D eigenvalue weighted by atomic mass is 32.2. The number of nitrogens with zero attached hydrogens (tertiary/aromatic N) is 4. The Morgan fingerprint density at radius 2 is 1.96 bits per heavy atom. The lowest BCUT2D eigenvalue weighted by molar-refractivity contribution is -0.00662. The van der Waals surface area contributed by atoms with Crippen LogP contribution in [0.2, 0.25) is 0 Å². The summed E-state index contributed by atoms with van der Waals surface area (Å²) in [7, 11) is 0.486. The summed E-state index contributed by atoms with van der Waals surface area (Å²) in [5.41, 5.74) is 2.70. The van der Waals surface area contributed by atoms with Crippen molar-refractivity contribution in [3.05, 3.63) is 23.5 Å². The van der Waals surface area contributed by atoms with E-state index in [1.165, 1.54) is 8.61 Å². The number of hydrogen-bond donors (Lipinski definition) is 0. The summed E-state index contributed by atoms with van der Waals surface area (Å²) in [5, 5.41) is 0. The van der Waals surface area contributed by atoms with Crippen molar-refractivity contribution in [2.75, 3.05) is 51.8 Å². The van der Waals surface area contributed by atoms with Crippen LogP contribution in [0.1, 0.15) is 31.3 Å². The summed E-state index contributed by atoms with van der Waals surface area (Å²) in [4.78, 5) is 6.56. The lowest BCUT2D eigenvalue weighted by Gasteiger charge is -2.35. The van der Waals surface area contributed by atoms with Crippen molar-refractivity contribution in [3.8, 4) is 0 Å². The quantitative estimate of drug-likeness (QED) is 0.771. The van der Waals surface area contributed by atoms with Gasteiger partial charge in [0.05, 0.1) is 12.3 Å². The molecule has 0 saturated carbocycles. The molecule has 1 aliphatic rings. The summed E-state index contributed by atoms with van der Waals surface area (Å²) >= 11 is 0. The van der Waals surface area contributed by atoms with E-state index >= 15 is 0 Å². The van der Waals surface area contributed by atoms with Gasteiger partial charge in [0.15, 0.2) is 0 Å². The number of aryl methyl sites for hydroxylation is 1. The van der Waals surface area contributed by atoms with E-state index < -0.39 is 10.2 Å². The van der Waals surface area contributed by atoms with Gasteiger partial charge in [0.2, 0.25) is 0 Å². The van der Waals surface area contributed by atoms with Gasteiger partial charge in [0, 0.05) is 51.7 Å². The van der Waals surface area contributed by atoms with Crippen molar-refractivity contribution in [1.82, 2.24) is 13.6 Å². The third-order valence-corrected chi connectivity index (χ3v) is 6.34. The van der Waals surface area contributed by atoms with Gasteiger partial charge in [-0.3, -0.25) is 4.98 Å². The Morgan fingerprint density at radius 3 is 2.54 bits per heavy atom. The first-order valence-corrected chi connectivity index (χ1v) is 9.72. The van der Waals surface area contributed by atoms with Crippen molar-refractivity contribution < 1.29 is 13.2 Å². The van der Waals surface area contributed by atoms with Gasteiger partial charge in [-0.05, 0) is 19.1 Å². The zero-order chi connectivity index (χ0) is 17.9. The summed E-state index contributed by atoms with van der Waals surface area (Å²) in [6.07, 6.45) is -0.345. The maximum absolute atomic E-state index is 12.7. The molecule has 24 heavy (non-hydrogen) atoms. The zero-order valence-corrected chi connectivity index (χ0v) is 16.0. The number of rotatable bonds is 6. The van der Waals surface area contributed by atoms with Gasteiger partial charge in [-0.15, -0.1) is 0 Å². The minimum absolute atomic E-state index is 0.294. The average Bonchev–Trinajstić information content (AvgIpc) is 2.55. The van der Waals surface area contributed by atoms with Gasteiger partial charge in [0.1, 0.15) is 6.10 Å². The molecule has 2 heterocycles. The minimum atomic E-state index is -3.45. The Hall–Kier alpha value is -1.22. The Kier molecular flexibility index (Phi) is 6.19. The van der Waals surface area contributed by atoms with Crippen molar-refractivity contribution in [2.45, 2.75) is 26.9 Å². The van der Waals surface area contributed by atoms with Crippen LogP contribution < -0.4 is 4.90 Å². The minimum Gasteiger partial charge on any atom is -0.378 e. The van der Waals surface area contributed by atoms with Gasteiger partial charge in [-0.2, -0.15) is 17.0 Å². The van der Waals surface area contributed by atoms with Gasteiger partial charge >= 0.3 is 0 Å². The van der Waals surface area contributed by atoms with Crippen LogP contribution in [0.5, 0.6) is 0 Å². The largest absolute Gasteiger partial charge is 0.378 e. The van der Waals surface area contributed by atoms with Crippen molar-refractivity contribution in [3.63, 3.8) is 0 Å². The van der Waals surface area contributed by atoms with E-state index in [1.807, 2.05) is 51.9 Å². The number of morpholine rings is 1. The van der Waals surface area contributed by atoms with Crippen LogP contribution in [0, 0.1) is 6.92 Å². The van der Waals surface area contributed by atoms with Crippen molar-refractivity contribution in [1.29, 1.82) is 0 Å². The van der Waals surface area contributed by atoms with Crippen LogP contribution in [-0.2, 0) is 14.9 Å². The second-order valence-electron chi connectivity index (χ2n) is 6.10. The number of hydrogen-bond acceptors (Lipinski definition) is 5. The smallest absolute Gasteiger partial charge is 0.282 e. The maximum Gasteiger partial charge on any atom is 0.282 e. The molecule has 7 nitrogen and oxygen atoms in total. The second-order valence-corrected chi connectivity index (χ2v) is 8.02. The molecule has 0 aromatic carbocycles. The standard InChI is InChI=1S/C16H28N4O3S/c1-6-19(7-2)24(21,22)20-8-9-23-16(12-20)15-11-14(18(4)5)10-13(3)17-15/h10-11,16H,6-9,12H2,1-5H3/t16-/m1/s1. The number of ether oxygens (including phenoxy) is 1. The van der Waals surface area contributed by atoms with Crippen LogP contribution in [0.3, 0.4) is 0 Å². The third-order valence-electron chi connectivity index (χ3n) is 4.19. The Balaban J connectivity index is 2.25. The predicted molar refractivity (Wildman–Crippen MR) is 95.4 cm³/mol. The average molecular weight is 356 g/mol. The fraction of sp³-hybridized carbons (Fsp3) is 0.688. The van der Waals surface area contributed by atoms with E-state index in [1.54, 1.807) is 0 Å². The van der Waals surface area contributed by atoms with E-state index in [0.717, 1.165) is 17.1 Å². The molecule has 2 rings (SSSR count). The van der Waals surface area contributed by atoms with Gasteiger partial charge in [-0.1, -0.05) is 13.8 Å². The highest BCUT2D eigenvalue weighted by Crippen LogP contribution is 2.26. The Bertz CT molecular complexity index is 659. The van der Waals surface area contributed by atoms with Crippen LogP contribution >= 0.6 is 0 Å². The topological polar surface area (TPSA) is 66.0 Å². The highest BCUT2D eigenvalue weighted by molar-refractivity contribution is 7.86. The molecule has 0 radical (unpaired) electrons.